The Morgan fingerprint density at radius 3 is 1.83 bits per heavy atom. The second-order valence-electron chi connectivity index (χ2n) is 4.67. The monoisotopic (exact) mass is 360 g/mol. The first kappa shape index (κ1) is 27.4. The predicted molar refractivity (Wildman–Crippen MR) is 76.1 cm³/mol. The maximum atomic E-state index is 10.2. The molecule has 0 aromatic heterocycles. The average Bonchev–Trinajstić information content (AvgIpc) is 2.37. The first-order valence-electron chi connectivity index (χ1n) is 6.50. The number of nitrogens with two attached hydrogens (primary N) is 2. The van der Waals surface area contributed by atoms with Crippen molar-refractivity contribution in [3.05, 3.63) is 0 Å². The number of hydrogen-bond donors (Lipinski definition) is 5. The number of aliphatic carboxylic acids is 4. The maximum Gasteiger partial charge on any atom is 2.00 e. The summed E-state index contributed by atoms with van der Waals surface area (Å²) in [6, 6.07) is -0.716. The minimum Gasteiger partial charge on any atom is -0.550 e. The third-order valence-electron chi connectivity index (χ3n) is 2.55. The fraction of sp³-hybridized carbons (Fsp3) is 0.667. The van der Waals surface area contributed by atoms with Crippen molar-refractivity contribution >= 4 is 46.9 Å². The quantitative estimate of drug-likeness (QED) is 0.183. The Bertz CT molecular complexity index is 415. The third-order valence-corrected chi connectivity index (χ3v) is 2.55. The zero-order valence-electron chi connectivity index (χ0n) is 13.0. The van der Waals surface area contributed by atoms with E-state index in [-0.39, 0.29) is 23.1 Å². The molecule has 0 heterocycles. The van der Waals surface area contributed by atoms with Crippen molar-refractivity contribution in [3.63, 3.8) is 0 Å². The van der Waals surface area contributed by atoms with E-state index in [0.717, 1.165) is 12.8 Å². The summed E-state index contributed by atoms with van der Waals surface area (Å²) >= 11 is 0. The molecule has 0 aliphatic carbocycles. The van der Waals surface area contributed by atoms with Gasteiger partial charge in [0.15, 0.2) is 0 Å². The van der Waals surface area contributed by atoms with Crippen LogP contribution in [0.15, 0.2) is 0 Å². The number of carbonyl (C=O) groups excluding carboxylic acids is 2. The molecule has 12 heteroatoms. The van der Waals surface area contributed by atoms with E-state index >= 15 is 0 Å². The van der Waals surface area contributed by atoms with Gasteiger partial charge < -0.3 is 46.6 Å². The predicted octanol–water partition coefficient (Wildman–Crippen LogP) is -4.77. The van der Waals surface area contributed by atoms with Crippen LogP contribution in [0.3, 0.4) is 0 Å². The minimum atomic E-state index is -2.91. The summed E-state index contributed by atoms with van der Waals surface area (Å²) in [5, 5.41) is 45.6. The second-order valence-corrected chi connectivity index (χ2v) is 4.67. The van der Waals surface area contributed by atoms with Crippen molar-refractivity contribution in [2.45, 2.75) is 43.7 Å². The summed E-state index contributed by atoms with van der Waals surface area (Å²) < 4.78 is 0. The smallest absolute Gasteiger partial charge is 0.550 e. The Morgan fingerprint density at radius 2 is 1.54 bits per heavy atom. The maximum absolute atomic E-state index is 10.2. The minimum absolute atomic E-state index is 0. The van der Waals surface area contributed by atoms with Crippen molar-refractivity contribution in [3.8, 4) is 0 Å². The molecule has 0 aromatic rings. The fourth-order valence-electron chi connectivity index (χ4n) is 1.33. The summed E-state index contributed by atoms with van der Waals surface area (Å²) in [6.07, 6.45) is -0.400. The largest absolute Gasteiger partial charge is 2.00 e. The zero-order valence-corrected chi connectivity index (χ0v) is 14.4. The van der Waals surface area contributed by atoms with Crippen LogP contribution >= 0.6 is 0 Å². The van der Waals surface area contributed by atoms with Crippen LogP contribution in [0.1, 0.15) is 32.1 Å². The van der Waals surface area contributed by atoms with Gasteiger partial charge in [0.1, 0.15) is 11.6 Å². The van der Waals surface area contributed by atoms with Crippen molar-refractivity contribution < 1.29 is 44.7 Å². The molecule has 134 valence electrons. The van der Waals surface area contributed by atoms with Crippen LogP contribution in [0, 0.1) is 0 Å². The Balaban J connectivity index is -0.000000364. The molecular formula is C12H20MgN2O9. The Labute approximate surface area is 153 Å². The molecular weight excluding hydrogens is 340 g/mol. The molecule has 0 rings (SSSR count). The Kier molecular flexibility index (Phi) is 15.9. The summed E-state index contributed by atoms with van der Waals surface area (Å²) in [5.74, 6) is -6.60. The van der Waals surface area contributed by atoms with Gasteiger partial charge in [-0.1, -0.05) is 6.42 Å². The van der Waals surface area contributed by atoms with Crippen LogP contribution in [-0.2, 0) is 19.2 Å². The van der Waals surface area contributed by atoms with Crippen LogP contribution in [0.25, 0.3) is 0 Å². The standard InChI is InChI=1S/C6H14N2O2.C6H8O7.Mg/c7-4-2-1-3-5(8)6(9)10;7-3(8)1-6(13,5(11)12)2-4(9)10;/h5H,1-4,7-8H2,(H,9,10);13H,1-2H2,(H,7,8)(H,9,10)(H,11,12);/q;;+2/p-2. The topological polar surface area (TPSA) is 227 Å². The SMILES string of the molecule is NCCCCC(N)C(=O)O.O=C([O-])CC(O)(CC(=O)O)C(=O)[O-].[Mg+2]. The van der Waals surface area contributed by atoms with Crippen LogP contribution in [0.5, 0.6) is 0 Å². The van der Waals surface area contributed by atoms with Crippen LogP contribution < -0.4 is 21.7 Å². The van der Waals surface area contributed by atoms with Crippen LogP contribution in [0.4, 0.5) is 0 Å². The van der Waals surface area contributed by atoms with E-state index in [1.54, 1.807) is 0 Å². The third kappa shape index (κ3) is 14.1. The molecule has 0 aromatic carbocycles. The molecule has 0 amide bonds. The number of aliphatic hydroxyl groups is 1. The summed E-state index contributed by atoms with van der Waals surface area (Å²) in [5.41, 5.74) is 7.51. The van der Waals surface area contributed by atoms with Gasteiger partial charge in [-0.25, -0.2) is 0 Å². The van der Waals surface area contributed by atoms with Gasteiger partial charge in [0, 0.05) is 12.4 Å². The van der Waals surface area contributed by atoms with E-state index in [9.17, 15) is 29.4 Å². The van der Waals surface area contributed by atoms with Crippen LogP contribution in [-0.4, -0.2) is 80.4 Å². The molecule has 7 N–H and O–H groups in total. The Morgan fingerprint density at radius 1 is 1.04 bits per heavy atom. The number of hydrogen-bond acceptors (Lipinski definition) is 9. The van der Waals surface area contributed by atoms with E-state index in [2.05, 4.69) is 0 Å². The van der Waals surface area contributed by atoms with Gasteiger partial charge in [-0.05, 0) is 19.4 Å². The first-order valence-corrected chi connectivity index (χ1v) is 6.50. The van der Waals surface area contributed by atoms with Gasteiger partial charge in [-0.15, -0.1) is 0 Å². The molecule has 0 radical (unpaired) electrons. The van der Waals surface area contributed by atoms with Crippen molar-refractivity contribution in [2.24, 2.45) is 11.5 Å². The van der Waals surface area contributed by atoms with E-state index in [1.165, 1.54) is 0 Å². The fourth-order valence-corrected chi connectivity index (χ4v) is 1.33. The van der Waals surface area contributed by atoms with Gasteiger partial charge >= 0.3 is 35.0 Å². The van der Waals surface area contributed by atoms with Gasteiger partial charge in [0.25, 0.3) is 0 Å². The molecule has 24 heavy (non-hydrogen) atoms. The van der Waals surface area contributed by atoms with Gasteiger partial charge in [0.2, 0.25) is 0 Å². The number of carboxylic acids is 4. The summed E-state index contributed by atoms with van der Waals surface area (Å²) in [4.78, 5) is 40.3. The molecule has 0 saturated heterocycles. The normalized spacial score (nSPS) is 13.3. The number of rotatable bonds is 10. The van der Waals surface area contributed by atoms with Gasteiger partial charge in [-0.3, -0.25) is 9.59 Å². The molecule has 2 unspecified atom stereocenters. The summed E-state index contributed by atoms with van der Waals surface area (Å²) in [6.45, 7) is 0.604. The van der Waals surface area contributed by atoms with Crippen LogP contribution in [0.2, 0.25) is 0 Å². The van der Waals surface area contributed by atoms with E-state index in [4.69, 9.17) is 26.8 Å². The van der Waals surface area contributed by atoms with E-state index in [0.29, 0.717) is 13.0 Å². The molecule has 0 saturated carbocycles. The number of carbonyl (C=O) groups is 4. The summed E-state index contributed by atoms with van der Waals surface area (Å²) in [7, 11) is 0. The van der Waals surface area contributed by atoms with Gasteiger partial charge in [-0.2, -0.15) is 0 Å². The zero-order chi connectivity index (χ0) is 18.6. The molecule has 0 aliphatic heterocycles. The van der Waals surface area contributed by atoms with E-state index < -0.39 is 48.4 Å². The van der Waals surface area contributed by atoms with Crippen molar-refractivity contribution in [1.82, 2.24) is 0 Å². The number of unbranched alkanes of at least 4 members (excludes halogenated alkanes) is 1. The van der Waals surface area contributed by atoms with Gasteiger partial charge in [0.05, 0.1) is 12.4 Å². The number of carboxylic acid groups (broad SMARTS) is 4. The Hall–Kier alpha value is -1.47. The molecule has 0 aliphatic rings. The molecule has 11 nitrogen and oxygen atoms in total. The molecule has 2 atom stereocenters. The van der Waals surface area contributed by atoms with E-state index in [1.807, 2.05) is 0 Å². The second kappa shape index (κ2) is 13.9. The molecule has 0 fully saturated rings. The van der Waals surface area contributed by atoms with Crippen molar-refractivity contribution in [1.29, 1.82) is 0 Å². The first-order chi connectivity index (χ1) is 10.5. The van der Waals surface area contributed by atoms with Crippen molar-refractivity contribution in [2.75, 3.05) is 6.54 Å². The molecule has 0 spiro atoms. The molecule has 0 bridgehead atoms. The average molecular weight is 361 g/mol.